The van der Waals surface area contributed by atoms with Gasteiger partial charge in [0.1, 0.15) is 6.10 Å². The van der Waals surface area contributed by atoms with Gasteiger partial charge in [0.25, 0.3) is 0 Å². The first-order valence-electron chi connectivity index (χ1n) is 9.35. The van der Waals surface area contributed by atoms with Crippen LogP contribution in [0.15, 0.2) is 11.6 Å². The second-order valence-corrected chi connectivity index (χ2v) is 9.40. The molecule has 4 rings (SSSR count). The molecular weight excluding hydrogens is 288 g/mol. The molecule has 0 aromatic heterocycles. The monoisotopic (exact) mass is 318 g/mol. The van der Waals surface area contributed by atoms with E-state index in [0.29, 0.717) is 29.1 Å². The number of ether oxygens (including phenoxy) is 1. The Bertz CT molecular complexity index is 563. The van der Waals surface area contributed by atoms with Gasteiger partial charge in [-0.2, -0.15) is 0 Å². The minimum atomic E-state index is -0.219. The van der Waals surface area contributed by atoms with E-state index in [1.807, 2.05) is 0 Å². The van der Waals surface area contributed by atoms with E-state index in [4.69, 9.17) is 4.74 Å². The van der Waals surface area contributed by atoms with Gasteiger partial charge in [0.2, 0.25) is 0 Å². The number of esters is 1. The molecule has 3 heteroatoms. The maximum Gasteiger partial charge on any atom is 0.331 e. The van der Waals surface area contributed by atoms with E-state index >= 15 is 0 Å². The summed E-state index contributed by atoms with van der Waals surface area (Å²) in [7, 11) is 0. The summed E-state index contributed by atoms with van der Waals surface area (Å²) in [5.74, 6) is 1.84. The van der Waals surface area contributed by atoms with Crippen LogP contribution < -0.4 is 0 Å². The Labute approximate surface area is 139 Å². The van der Waals surface area contributed by atoms with Crippen LogP contribution in [0.4, 0.5) is 0 Å². The molecule has 128 valence electrons. The molecule has 0 saturated heterocycles. The van der Waals surface area contributed by atoms with Crippen molar-refractivity contribution >= 4 is 5.97 Å². The molecule has 1 heterocycles. The minimum Gasteiger partial charge on any atom is -0.455 e. The highest BCUT2D eigenvalue weighted by atomic mass is 16.5. The summed E-state index contributed by atoms with van der Waals surface area (Å²) >= 11 is 0. The first-order valence-corrected chi connectivity index (χ1v) is 9.35. The summed E-state index contributed by atoms with van der Waals surface area (Å²) in [5.41, 5.74) is 1.47. The molecule has 3 fully saturated rings. The molecule has 23 heavy (non-hydrogen) atoms. The van der Waals surface area contributed by atoms with Crippen molar-refractivity contribution < 1.29 is 14.6 Å². The Balaban J connectivity index is 1.73. The standard InChI is InChI=1S/C20H30O3/c1-11-12-5-6-16-19(2,3)8-7-17(21)20(16,4)14(12)10-15-13(11)9-18(22)23-15/h9,11-12,14-17,21H,5-8,10H2,1-4H3/t11-,12-,14+,15+,16+,17-,20+/m0/s1. The third-order valence-corrected chi connectivity index (χ3v) is 8.13. The van der Waals surface area contributed by atoms with Crippen molar-refractivity contribution in [2.24, 2.45) is 34.5 Å². The molecule has 7 atom stereocenters. The Hall–Kier alpha value is -0.830. The van der Waals surface area contributed by atoms with Gasteiger partial charge in [0.15, 0.2) is 0 Å². The van der Waals surface area contributed by atoms with Crippen molar-refractivity contribution in [3.8, 4) is 0 Å². The number of aliphatic hydroxyl groups is 1. The SMILES string of the molecule is C[C@@H]1C2=CC(=O)O[C@@H]2C[C@@H]2[C@H]1CC[C@@H]1C(C)(C)CC[C@H](O)[C@]21C. The fraction of sp³-hybridized carbons (Fsp3) is 0.850. The number of fused-ring (bicyclic) bond motifs is 4. The molecule has 0 aromatic carbocycles. The first-order chi connectivity index (χ1) is 10.7. The largest absolute Gasteiger partial charge is 0.455 e. The number of carbonyl (C=O) groups is 1. The molecule has 0 spiro atoms. The van der Waals surface area contributed by atoms with Crippen LogP contribution in [0.5, 0.6) is 0 Å². The average molecular weight is 318 g/mol. The Morgan fingerprint density at radius 1 is 1.22 bits per heavy atom. The zero-order valence-electron chi connectivity index (χ0n) is 14.8. The molecule has 0 radical (unpaired) electrons. The van der Waals surface area contributed by atoms with Crippen molar-refractivity contribution in [1.82, 2.24) is 0 Å². The van der Waals surface area contributed by atoms with Crippen molar-refractivity contribution in [2.45, 2.75) is 72.0 Å². The summed E-state index contributed by atoms with van der Waals surface area (Å²) in [4.78, 5) is 11.7. The maximum atomic E-state index is 11.7. The van der Waals surface area contributed by atoms with Gasteiger partial charge in [0, 0.05) is 11.5 Å². The molecular formula is C20H30O3. The van der Waals surface area contributed by atoms with Crippen LogP contribution in [0.1, 0.15) is 59.8 Å². The third kappa shape index (κ3) is 2.01. The molecule has 0 bridgehead atoms. The topological polar surface area (TPSA) is 46.5 Å². The fourth-order valence-electron chi connectivity index (χ4n) is 6.88. The Kier molecular flexibility index (Phi) is 3.30. The molecule has 3 saturated carbocycles. The maximum absolute atomic E-state index is 11.7. The fourth-order valence-corrected chi connectivity index (χ4v) is 6.88. The highest BCUT2D eigenvalue weighted by molar-refractivity contribution is 5.86. The van der Waals surface area contributed by atoms with Crippen LogP contribution in [-0.2, 0) is 9.53 Å². The van der Waals surface area contributed by atoms with Gasteiger partial charge in [-0.05, 0) is 66.8 Å². The number of hydrogen-bond acceptors (Lipinski definition) is 3. The van der Waals surface area contributed by atoms with Crippen molar-refractivity contribution in [3.05, 3.63) is 11.6 Å². The second-order valence-electron chi connectivity index (χ2n) is 9.40. The van der Waals surface area contributed by atoms with Crippen LogP contribution in [0.2, 0.25) is 0 Å². The lowest BCUT2D eigenvalue weighted by Crippen LogP contribution is -2.60. The molecule has 4 aliphatic rings. The smallest absolute Gasteiger partial charge is 0.331 e. The van der Waals surface area contributed by atoms with Gasteiger partial charge in [-0.3, -0.25) is 0 Å². The van der Waals surface area contributed by atoms with Gasteiger partial charge in [-0.1, -0.05) is 27.7 Å². The van der Waals surface area contributed by atoms with Gasteiger partial charge in [-0.15, -0.1) is 0 Å². The summed E-state index contributed by atoms with van der Waals surface area (Å²) in [6.45, 7) is 9.37. The number of rotatable bonds is 0. The van der Waals surface area contributed by atoms with Gasteiger partial charge >= 0.3 is 5.97 Å². The summed E-state index contributed by atoms with van der Waals surface area (Å²) < 4.78 is 5.58. The quantitative estimate of drug-likeness (QED) is 0.693. The molecule has 3 aliphatic carbocycles. The molecule has 0 amide bonds. The lowest BCUT2D eigenvalue weighted by Gasteiger charge is -2.63. The molecule has 3 nitrogen and oxygen atoms in total. The lowest BCUT2D eigenvalue weighted by molar-refractivity contribution is -0.186. The van der Waals surface area contributed by atoms with E-state index < -0.39 is 0 Å². The average Bonchev–Trinajstić information content (AvgIpc) is 2.85. The number of carbonyl (C=O) groups excluding carboxylic acids is 1. The van der Waals surface area contributed by atoms with E-state index in [0.717, 1.165) is 19.3 Å². The van der Waals surface area contributed by atoms with E-state index in [-0.39, 0.29) is 23.6 Å². The van der Waals surface area contributed by atoms with E-state index in [1.54, 1.807) is 6.08 Å². The van der Waals surface area contributed by atoms with Gasteiger partial charge in [-0.25, -0.2) is 4.79 Å². The minimum absolute atomic E-state index is 0.0356. The molecule has 0 unspecified atom stereocenters. The van der Waals surface area contributed by atoms with E-state index in [1.165, 1.54) is 18.4 Å². The zero-order valence-corrected chi connectivity index (χ0v) is 14.8. The van der Waals surface area contributed by atoms with E-state index in [2.05, 4.69) is 27.7 Å². The van der Waals surface area contributed by atoms with Crippen LogP contribution in [0.25, 0.3) is 0 Å². The van der Waals surface area contributed by atoms with Crippen LogP contribution >= 0.6 is 0 Å². The van der Waals surface area contributed by atoms with Gasteiger partial charge in [0.05, 0.1) is 6.10 Å². The van der Waals surface area contributed by atoms with E-state index in [9.17, 15) is 9.90 Å². The molecule has 1 N–H and O–H groups in total. The summed E-state index contributed by atoms with van der Waals surface area (Å²) in [5, 5.41) is 11.0. The second kappa shape index (κ2) is 4.84. The van der Waals surface area contributed by atoms with Gasteiger partial charge < -0.3 is 9.84 Å². The Morgan fingerprint density at radius 3 is 2.70 bits per heavy atom. The first kappa shape index (κ1) is 15.7. The number of aliphatic hydroxyl groups excluding tert-OH is 1. The zero-order chi connectivity index (χ0) is 16.6. The van der Waals surface area contributed by atoms with Crippen molar-refractivity contribution in [2.75, 3.05) is 0 Å². The van der Waals surface area contributed by atoms with Crippen LogP contribution in [-0.4, -0.2) is 23.3 Å². The lowest BCUT2D eigenvalue weighted by atomic mass is 9.42. The van der Waals surface area contributed by atoms with Crippen LogP contribution in [0.3, 0.4) is 0 Å². The highest BCUT2D eigenvalue weighted by Crippen LogP contribution is 2.65. The summed E-state index contributed by atoms with van der Waals surface area (Å²) in [6.07, 6.45) is 6.85. The molecule has 0 aromatic rings. The predicted octanol–water partition coefficient (Wildman–Crippen LogP) is 3.71. The Morgan fingerprint density at radius 2 is 1.96 bits per heavy atom. The highest BCUT2D eigenvalue weighted by Gasteiger charge is 2.61. The van der Waals surface area contributed by atoms with Crippen molar-refractivity contribution in [3.63, 3.8) is 0 Å². The van der Waals surface area contributed by atoms with Crippen molar-refractivity contribution in [1.29, 1.82) is 0 Å². The predicted molar refractivity (Wildman–Crippen MR) is 88.6 cm³/mol. The summed E-state index contributed by atoms with van der Waals surface area (Å²) in [6, 6.07) is 0. The van der Waals surface area contributed by atoms with Crippen LogP contribution in [0, 0.1) is 34.5 Å². The molecule has 1 aliphatic heterocycles. The normalized spacial score (nSPS) is 51.2. The third-order valence-electron chi connectivity index (χ3n) is 8.13. The number of hydrogen-bond donors (Lipinski definition) is 1.